The molecule has 0 spiro atoms. The van der Waals surface area contributed by atoms with E-state index < -0.39 is 0 Å². The number of hydrogen-bond acceptors (Lipinski definition) is 3. The van der Waals surface area contributed by atoms with Crippen molar-refractivity contribution >= 4 is 15.9 Å². The van der Waals surface area contributed by atoms with Crippen LogP contribution in [0, 0.1) is 11.7 Å². The van der Waals surface area contributed by atoms with Gasteiger partial charge < -0.3 is 10.1 Å². The third-order valence-electron chi connectivity index (χ3n) is 4.54. The number of benzene rings is 1. The average Bonchev–Trinajstić information content (AvgIpc) is 2.52. The van der Waals surface area contributed by atoms with Crippen molar-refractivity contribution in [2.24, 2.45) is 5.92 Å². The van der Waals surface area contributed by atoms with Gasteiger partial charge in [0.15, 0.2) is 0 Å². The smallest absolute Gasteiger partial charge is 0.129 e. The Morgan fingerprint density at radius 3 is 2.62 bits per heavy atom. The SMILES string of the molecule is Fc1cc(Br)ccc1[C@H](C1CCOCC1)N1CCNCC1. The van der Waals surface area contributed by atoms with Gasteiger partial charge in [-0.3, -0.25) is 4.90 Å². The maximum Gasteiger partial charge on any atom is 0.129 e. The minimum absolute atomic E-state index is 0.0978. The van der Waals surface area contributed by atoms with Crippen molar-refractivity contribution in [3.8, 4) is 0 Å². The van der Waals surface area contributed by atoms with Crippen LogP contribution in [0.4, 0.5) is 4.39 Å². The fraction of sp³-hybridized carbons (Fsp3) is 0.625. The normalized spacial score (nSPS) is 23.1. The van der Waals surface area contributed by atoms with Crippen LogP contribution in [0.25, 0.3) is 0 Å². The van der Waals surface area contributed by atoms with Crippen LogP contribution >= 0.6 is 15.9 Å². The third-order valence-corrected chi connectivity index (χ3v) is 5.03. The van der Waals surface area contributed by atoms with Gasteiger partial charge >= 0.3 is 0 Å². The number of piperazine rings is 1. The summed E-state index contributed by atoms with van der Waals surface area (Å²) in [5.74, 6) is 0.381. The molecule has 2 fully saturated rings. The molecule has 2 saturated heterocycles. The molecule has 3 nitrogen and oxygen atoms in total. The number of nitrogens with zero attached hydrogens (tertiary/aromatic N) is 1. The highest BCUT2D eigenvalue weighted by atomic mass is 79.9. The second-order valence-electron chi connectivity index (χ2n) is 5.85. The molecule has 116 valence electrons. The molecule has 1 aromatic carbocycles. The van der Waals surface area contributed by atoms with Crippen LogP contribution in [0.1, 0.15) is 24.4 Å². The zero-order chi connectivity index (χ0) is 14.7. The Kier molecular flexibility index (Phi) is 5.27. The fourth-order valence-electron chi connectivity index (χ4n) is 3.48. The van der Waals surface area contributed by atoms with Crippen molar-refractivity contribution in [2.75, 3.05) is 39.4 Å². The van der Waals surface area contributed by atoms with E-state index >= 15 is 0 Å². The molecule has 0 aliphatic carbocycles. The molecule has 0 radical (unpaired) electrons. The highest BCUT2D eigenvalue weighted by molar-refractivity contribution is 9.10. The Balaban J connectivity index is 1.89. The molecule has 0 aromatic heterocycles. The molecule has 5 heteroatoms. The molecule has 1 N–H and O–H groups in total. The molecule has 2 aliphatic rings. The summed E-state index contributed by atoms with van der Waals surface area (Å²) in [4.78, 5) is 2.44. The van der Waals surface area contributed by atoms with Gasteiger partial charge in [-0.25, -0.2) is 4.39 Å². The number of halogens is 2. The number of nitrogens with one attached hydrogen (secondary N) is 1. The van der Waals surface area contributed by atoms with Gasteiger partial charge in [-0.05, 0) is 30.9 Å². The van der Waals surface area contributed by atoms with E-state index in [0.717, 1.165) is 62.3 Å². The average molecular weight is 357 g/mol. The van der Waals surface area contributed by atoms with Crippen LogP contribution in [-0.4, -0.2) is 44.3 Å². The van der Waals surface area contributed by atoms with E-state index in [2.05, 4.69) is 26.1 Å². The minimum atomic E-state index is -0.0978. The lowest BCUT2D eigenvalue weighted by Crippen LogP contribution is -2.47. The first-order valence-corrected chi connectivity index (χ1v) is 8.52. The Bertz CT molecular complexity index is 455. The number of ether oxygens (including phenoxy) is 1. The van der Waals surface area contributed by atoms with Gasteiger partial charge in [-0.1, -0.05) is 22.0 Å². The molecule has 0 bridgehead atoms. The molecule has 1 atom stereocenters. The van der Waals surface area contributed by atoms with Crippen molar-refractivity contribution < 1.29 is 9.13 Å². The second-order valence-corrected chi connectivity index (χ2v) is 6.76. The van der Waals surface area contributed by atoms with Crippen molar-refractivity contribution in [1.82, 2.24) is 10.2 Å². The van der Waals surface area contributed by atoms with Gasteiger partial charge in [0.2, 0.25) is 0 Å². The molecular formula is C16H22BrFN2O. The van der Waals surface area contributed by atoms with Gasteiger partial charge in [0.25, 0.3) is 0 Å². The molecule has 2 aliphatic heterocycles. The molecule has 1 aromatic rings. The molecule has 0 amide bonds. The van der Waals surface area contributed by atoms with Gasteiger partial charge in [-0.2, -0.15) is 0 Å². The zero-order valence-electron chi connectivity index (χ0n) is 12.2. The van der Waals surface area contributed by atoms with E-state index in [4.69, 9.17) is 4.74 Å². The Morgan fingerprint density at radius 2 is 1.95 bits per heavy atom. The van der Waals surface area contributed by atoms with E-state index in [-0.39, 0.29) is 11.9 Å². The highest BCUT2D eigenvalue weighted by Gasteiger charge is 2.32. The Labute approximate surface area is 134 Å². The van der Waals surface area contributed by atoms with Crippen LogP contribution in [0.3, 0.4) is 0 Å². The molecule has 3 rings (SSSR count). The van der Waals surface area contributed by atoms with E-state index in [0.29, 0.717) is 5.92 Å². The zero-order valence-corrected chi connectivity index (χ0v) is 13.7. The summed E-state index contributed by atoms with van der Waals surface area (Å²) in [7, 11) is 0. The molecule has 0 saturated carbocycles. The van der Waals surface area contributed by atoms with E-state index in [1.807, 2.05) is 12.1 Å². The van der Waals surface area contributed by atoms with Crippen molar-refractivity contribution in [2.45, 2.75) is 18.9 Å². The summed E-state index contributed by atoms with van der Waals surface area (Å²) in [6, 6.07) is 5.65. The van der Waals surface area contributed by atoms with Crippen LogP contribution in [0.15, 0.2) is 22.7 Å². The lowest BCUT2D eigenvalue weighted by atomic mass is 9.85. The molecule has 2 heterocycles. The lowest BCUT2D eigenvalue weighted by molar-refractivity contribution is 0.0203. The minimum Gasteiger partial charge on any atom is -0.381 e. The van der Waals surface area contributed by atoms with Crippen LogP contribution in [-0.2, 0) is 4.74 Å². The van der Waals surface area contributed by atoms with Crippen LogP contribution in [0.2, 0.25) is 0 Å². The molecular weight excluding hydrogens is 335 g/mol. The van der Waals surface area contributed by atoms with Crippen molar-refractivity contribution in [1.29, 1.82) is 0 Å². The maximum absolute atomic E-state index is 14.5. The summed E-state index contributed by atoms with van der Waals surface area (Å²) in [6.45, 7) is 5.53. The van der Waals surface area contributed by atoms with Crippen LogP contribution < -0.4 is 5.32 Å². The maximum atomic E-state index is 14.5. The summed E-state index contributed by atoms with van der Waals surface area (Å²) in [6.07, 6.45) is 2.04. The first-order chi connectivity index (χ1) is 10.3. The quantitative estimate of drug-likeness (QED) is 0.900. The largest absolute Gasteiger partial charge is 0.381 e. The van der Waals surface area contributed by atoms with Gasteiger partial charge in [0, 0.05) is 55.5 Å². The second kappa shape index (κ2) is 7.18. The summed E-state index contributed by atoms with van der Waals surface area (Å²) >= 11 is 3.35. The monoisotopic (exact) mass is 356 g/mol. The Hall–Kier alpha value is -0.490. The van der Waals surface area contributed by atoms with E-state index in [9.17, 15) is 4.39 Å². The van der Waals surface area contributed by atoms with E-state index in [1.54, 1.807) is 6.07 Å². The number of hydrogen-bond donors (Lipinski definition) is 1. The van der Waals surface area contributed by atoms with Gasteiger partial charge in [-0.15, -0.1) is 0 Å². The predicted octanol–water partition coefficient (Wildman–Crippen LogP) is 2.96. The first-order valence-electron chi connectivity index (χ1n) is 7.73. The van der Waals surface area contributed by atoms with Gasteiger partial charge in [0.05, 0.1) is 0 Å². The van der Waals surface area contributed by atoms with E-state index in [1.165, 1.54) is 0 Å². The Morgan fingerprint density at radius 1 is 1.24 bits per heavy atom. The van der Waals surface area contributed by atoms with Crippen molar-refractivity contribution in [3.05, 3.63) is 34.1 Å². The third kappa shape index (κ3) is 3.65. The lowest BCUT2D eigenvalue weighted by Gasteiger charge is -2.41. The predicted molar refractivity (Wildman–Crippen MR) is 84.8 cm³/mol. The molecule has 21 heavy (non-hydrogen) atoms. The van der Waals surface area contributed by atoms with Crippen LogP contribution in [0.5, 0.6) is 0 Å². The number of rotatable bonds is 3. The fourth-order valence-corrected chi connectivity index (χ4v) is 3.82. The highest BCUT2D eigenvalue weighted by Crippen LogP contribution is 2.37. The first kappa shape index (κ1) is 15.4. The summed E-state index contributed by atoms with van der Waals surface area (Å²) < 4.78 is 20.8. The van der Waals surface area contributed by atoms with Crippen molar-refractivity contribution in [3.63, 3.8) is 0 Å². The topological polar surface area (TPSA) is 24.5 Å². The van der Waals surface area contributed by atoms with Gasteiger partial charge in [0.1, 0.15) is 5.82 Å². The summed E-state index contributed by atoms with van der Waals surface area (Å²) in [5.41, 5.74) is 0.840. The standard InChI is InChI=1S/C16H22BrFN2O/c17-13-1-2-14(15(18)11-13)16(12-3-9-21-10-4-12)20-7-5-19-6-8-20/h1-2,11-12,16,19H,3-10H2/t16-/m0/s1. The summed E-state index contributed by atoms with van der Waals surface area (Å²) in [5, 5.41) is 3.38. The molecule has 0 unspecified atom stereocenters.